The second-order valence-corrected chi connectivity index (χ2v) is 11.0. The quantitative estimate of drug-likeness (QED) is 0.672. The van der Waals surface area contributed by atoms with Gasteiger partial charge >= 0.3 is 0 Å². The number of rotatable bonds is 4. The highest BCUT2D eigenvalue weighted by atomic mass is 16.5. The summed E-state index contributed by atoms with van der Waals surface area (Å²) in [7, 11) is 0. The first kappa shape index (κ1) is 23.1. The topological polar surface area (TPSA) is 82.0 Å². The van der Waals surface area contributed by atoms with Crippen molar-refractivity contribution in [2.45, 2.75) is 62.9 Å². The molecule has 0 atom stereocenters. The number of nitrogens with zero attached hydrogens (tertiary/aromatic N) is 7. The predicted octanol–water partition coefficient (Wildman–Crippen LogP) is 4.10. The molecule has 3 fully saturated rings. The van der Waals surface area contributed by atoms with Crippen LogP contribution >= 0.6 is 0 Å². The zero-order chi connectivity index (χ0) is 24.7. The molecule has 0 unspecified atom stereocenters. The van der Waals surface area contributed by atoms with Crippen LogP contribution in [-0.2, 0) is 4.74 Å². The van der Waals surface area contributed by atoms with E-state index in [9.17, 15) is 0 Å². The molecule has 0 bridgehead atoms. The van der Waals surface area contributed by atoms with Crippen LogP contribution in [0.5, 0.6) is 0 Å². The Morgan fingerprint density at radius 1 is 0.946 bits per heavy atom. The first-order chi connectivity index (χ1) is 18.3. The molecule has 1 N–H and O–H groups in total. The minimum atomic E-state index is 0.126. The molecular formula is C28H36N8O. The van der Waals surface area contributed by atoms with Crippen LogP contribution < -0.4 is 15.1 Å². The molecule has 1 spiro atoms. The number of morpholine rings is 1. The lowest BCUT2D eigenvalue weighted by Gasteiger charge is -2.44. The van der Waals surface area contributed by atoms with Crippen LogP contribution in [0.15, 0.2) is 41.4 Å². The zero-order valence-corrected chi connectivity index (χ0v) is 21.5. The van der Waals surface area contributed by atoms with Gasteiger partial charge in [-0.1, -0.05) is 19.3 Å². The second kappa shape index (κ2) is 9.68. The predicted molar refractivity (Wildman–Crippen MR) is 146 cm³/mol. The Morgan fingerprint density at radius 2 is 1.78 bits per heavy atom. The van der Waals surface area contributed by atoms with Crippen LogP contribution in [0.2, 0.25) is 0 Å². The molecule has 2 aromatic heterocycles. The van der Waals surface area contributed by atoms with Gasteiger partial charge in [0.2, 0.25) is 5.95 Å². The van der Waals surface area contributed by atoms with Crippen LogP contribution in [0.25, 0.3) is 0 Å². The molecule has 1 aliphatic carbocycles. The number of piperidine rings is 1. The first-order valence-corrected chi connectivity index (χ1v) is 14.0. The molecule has 9 heteroatoms. The molecule has 5 aliphatic rings. The summed E-state index contributed by atoms with van der Waals surface area (Å²) in [6, 6.07) is 4.88. The minimum absolute atomic E-state index is 0.126. The number of anilines is 4. The summed E-state index contributed by atoms with van der Waals surface area (Å²) >= 11 is 0. The number of pyridine rings is 1. The van der Waals surface area contributed by atoms with Gasteiger partial charge in [-0.2, -0.15) is 4.98 Å². The normalized spacial score (nSPS) is 23.6. The molecule has 7 rings (SSSR count). The standard InChI is InChI=1S/C28H36N8O/c1-2-9-28(10-3-1)11-6-25-30-18-21-19-31-27(33-26(21)36(25)28)32-24-5-4-23(20-29-24)34-12-7-22(8-13-34)35-14-16-37-17-15-35/h4-6,18-20,22H,1-3,7-17H2,(H,29,31,32,33). The number of aromatic nitrogens is 3. The molecule has 4 aliphatic heterocycles. The van der Waals surface area contributed by atoms with E-state index in [1.165, 1.54) is 50.6 Å². The summed E-state index contributed by atoms with van der Waals surface area (Å²) in [5.74, 6) is 3.36. The van der Waals surface area contributed by atoms with Gasteiger partial charge in [-0.15, -0.1) is 0 Å². The smallest absolute Gasteiger partial charge is 0.230 e. The Bertz CT molecular complexity index is 1180. The Balaban J connectivity index is 1.03. The van der Waals surface area contributed by atoms with E-state index in [2.05, 4.69) is 37.1 Å². The van der Waals surface area contributed by atoms with Crippen molar-refractivity contribution in [2.24, 2.45) is 4.99 Å². The Morgan fingerprint density at radius 3 is 2.57 bits per heavy atom. The first-order valence-electron chi connectivity index (χ1n) is 14.0. The van der Waals surface area contributed by atoms with Crippen molar-refractivity contribution < 1.29 is 4.74 Å². The summed E-state index contributed by atoms with van der Waals surface area (Å²) in [5.41, 5.74) is 2.29. The van der Waals surface area contributed by atoms with E-state index >= 15 is 0 Å². The Hall–Kier alpha value is -3.04. The van der Waals surface area contributed by atoms with Crippen molar-refractivity contribution in [2.75, 3.05) is 54.5 Å². The zero-order valence-electron chi connectivity index (χ0n) is 21.5. The fraction of sp³-hybridized carbons (Fsp3) is 0.571. The number of fused-ring (bicyclic) bond motifs is 4. The summed E-state index contributed by atoms with van der Waals surface area (Å²) < 4.78 is 5.52. The van der Waals surface area contributed by atoms with E-state index in [0.29, 0.717) is 12.0 Å². The van der Waals surface area contributed by atoms with Gasteiger partial charge in [-0.3, -0.25) is 4.90 Å². The molecule has 1 saturated carbocycles. The highest BCUT2D eigenvalue weighted by Gasteiger charge is 2.45. The van der Waals surface area contributed by atoms with Gasteiger partial charge in [0.25, 0.3) is 0 Å². The maximum Gasteiger partial charge on any atom is 0.230 e. The average molecular weight is 501 g/mol. The molecule has 6 heterocycles. The van der Waals surface area contributed by atoms with E-state index < -0.39 is 0 Å². The largest absolute Gasteiger partial charge is 0.379 e. The third-order valence-corrected chi connectivity index (χ3v) is 8.88. The highest BCUT2D eigenvalue weighted by Crippen LogP contribution is 2.47. The van der Waals surface area contributed by atoms with Gasteiger partial charge in [-0.05, 0) is 50.3 Å². The van der Waals surface area contributed by atoms with Crippen LogP contribution in [0.4, 0.5) is 23.3 Å². The molecule has 2 aromatic rings. The summed E-state index contributed by atoms with van der Waals surface area (Å²) in [4.78, 5) is 26.4. The lowest BCUT2D eigenvalue weighted by molar-refractivity contribution is 0.0115. The molecule has 37 heavy (non-hydrogen) atoms. The van der Waals surface area contributed by atoms with E-state index in [0.717, 1.165) is 68.8 Å². The number of aliphatic imine (C=N–C) groups is 1. The van der Waals surface area contributed by atoms with Crippen molar-refractivity contribution in [1.82, 2.24) is 19.9 Å². The average Bonchev–Trinajstić information content (AvgIpc) is 3.32. The Kier molecular flexibility index (Phi) is 6.05. The molecule has 0 radical (unpaired) electrons. The third kappa shape index (κ3) is 4.38. The van der Waals surface area contributed by atoms with E-state index in [-0.39, 0.29) is 5.54 Å². The monoisotopic (exact) mass is 500 g/mol. The molecule has 194 valence electrons. The number of hydrogen-bond acceptors (Lipinski definition) is 9. The van der Waals surface area contributed by atoms with Gasteiger partial charge in [0, 0.05) is 44.6 Å². The van der Waals surface area contributed by atoms with E-state index in [1.54, 1.807) is 0 Å². The number of nitrogens with one attached hydrogen (secondary N) is 1. The van der Waals surface area contributed by atoms with E-state index in [1.807, 2.05) is 24.7 Å². The highest BCUT2D eigenvalue weighted by molar-refractivity contribution is 5.91. The summed E-state index contributed by atoms with van der Waals surface area (Å²) in [6.45, 7) is 6.02. The molecule has 2 saturated heterocycles. The van der Waals surface area contributed by atoms with Crippen molar-refractivity contribution in [3.05, 3.63) is 42.0 Å². The molecule has 0 amide bonds. The van der Waals surface area contributed by atoms with Crippen LogP contribution in [0.3, 0.4) is 0 Å². The van der Waals surface area contributed by atoms with Gasteiger partial charge in [0.05, 0.1) is 36.2 Å². The SMILES string of the molecule is C1=NC2=CCC3(CCCCC3)N2c2nc(Nc3ccc(N4CCC(N5CCOCC5)CC4)cn3)ncc21. The fourth-order valence-corrected chi connectivity index (χ4v) is 6.83. The number of hydrogen-bond donors (Lipinski definition) is 1. The van der Waals surface area contributed by atoms with Crippen molar-refractivity contribution in [3.63, 3.8) is 0 Å². The second-order valence-electron chi connectivity index (χ2n) is 11.0. The van der Waals surface area contributed by atoms with E-state index in [4.69, 9.17) is 19.7 Å². The van der Waals surface area contributed by atoms with Crippen LogP contribution in [-0.4, -0.2) is 77.0 Å². The van der Waals surface area contributed by atoms with Gasteiger partial charge in [0.1, 0.15) is 17.5 Å². The summed E-state index contributed by atoms with van der Waals surface area (Å²) in [5, 5.41) is 3.34. The van der Waals surface area contributed by atoms with Gasteiger partial charge < -0.3 is 19.9 Å². The van der Waals surface area contributed by atoms with Crippen molar-refractivity contribution in [1.29, 1.82) is 0 Å². The van der Waals surface area contributed by atoms with Gasteiger partial charge in [-0.25, -0.2) is 15.0 Å². The lowest BCUT2D eigenvalue weighted by atomic mass is 9.79. The molecule has 9 nitrogen and oxygen atoms in total. The maximum atomic E-state index is 5.52. The summed E-state index contributed by atoms with van der Waals surface area (Å²) in [6.07, 6.45) is 17.7. The molecular weight excluding hydrogens is 464 g/mol. The lowest BCUT2D eigenvalue weighted by Crippen LogP contribution is -2.49. The van der Waals surface area contributed by atoms with Crippen LogP contribution in [0.1, 0.15) is 56.9 Å². The third-order valence-electron chi connectivity index (χ3n) is 8.88. The number of ether oxygens (including phenoxy) is 1. The maximum absolute atomic E-state index is 5.52. The minimum Gasteiger partial charge on any atom is -0.379 e. The van der Waals surface area contributed by atoms with Gasteiger partial charge in [0.15, 0.2) is 0 Å². The van der Waals surface area contributed by atoms with Crippen LogP contribution in [0, 0.1) is 0 Å². The Labute approximate surface area is 218 Å². The van der Waals surface area contributed by atoms with Crippen molar-refractivity contribution in [3.8, 4) is 0 Å². The molecule has 0 aromatic carbocycles. The fourth-order valence-electron chi connectivity index (χ4n) is 6.83. The van der Waals surface area contributed by atoms with Crippen molar-refractivity contribution >= 4 is 29.5 Å².